The van der Waals surface area contributed by atoms with Gasteiger partial charge in [-0.15, -0.1) is 0 Å². The minimum Gasteiger partial charge on any atom is -0.468 e. The van der Waals surface area contributed by atoms with E-state index in [9.17, 15) is 4.79 Å². The Labute approximate surface area is 168 Å². The normalized spacial score (nSPS) is 20.1. The summed E-state index contributed by atoms with van der Waals surface area (Å²) in [5.74, 6) is -0.250. The Balaban J connectivity index is 1.92. The molecule has 5 nitrogen and oxygen atoms in total. The second kappa shape index (κ2) is 8.57. The first-order valence-electron chi connectivity index (χ1n) is 9.72. The number of benzene rings is 2. The number of nitrogens with one attached hydrogen (secondary N) is 2. The molecule has 2 unspecified atom stereocenters. The summed E-state index contributed by atoms with van der Waals surface area (Å²) in [4.78, 5) is 11.8. The van der Waals surface area contributed by atoms with E-state index in [1.807, 2.05) is 12.1 Å². The van der Waals surface area contributed by atoms with Gasteiger partial charge in [0, 0.05) is 6.04 Å². The van der Waals surface area contributed by atoms with Gasteiger partial charge in [-0.25, -0.2) is 5.43 Å². The van der Waals surface area contributed by atoms with Gasteiger partial charge >= 0.3 is 5.97 Å². The number of hydrazine groups is 1. The Morgan fingerprint density at radius 2 is 1.54 bits per heavy atom. The first-order valence-corrected chi connectivity index (χ1v) is 11.6. The summed E-state index contributed by atoms with van der Waals surface area (Å²) in [7, 11) is -1.15. The van der Waals surface area contributed by atoms with Crippen molar-refractivity contribution in [2.45, 2.75) is 44.3 Å². The average Bonchev–Trinajstić information content (AvgIpc) is 3.17. The number of carbonyl (C=O) groups is 1. The predicted molar refractivity (Wildman–Crippen MR) is 114 cm³/mol. The fourth-order valence-corrected chi connectivity index (χ4v) is 8.62. The van der Waals surface area contributed by atoms with Gasteiger partial charge < -0.3 is 9.16 Å². The minimum absolute atomic E-state index is 0.0470. The van der Waals surface area contributed by atoms with Crippen LogP contribution in [0, 0.1) is 0 Å². The van der Waals surface area contributed by atoms with Crippen LogP contribution in [0.15, 0.2) is 60.7 Å². The van der Waals surface area contributed by atoms with E-state index >= 15 is 0 Å². The fourth-order valence-electron chi connectivity index (χ4n) is 4.02. The van der Waals surface area contributed by atoms with Crippen molar-refractivity contribution < 1.29 is 14.0 Å². The summed E-state index contributed by atoms with van der Waals surface area (Å²) in [6.07, 6.45) is 0.644. The molecule has 0 bridgehead atoms. The third kappa shape index (κ3) is 4.05. The molecule has 2 N–H and O–H groups in total. The smallest absolute Gasteiger partial charge is 0.324 e. The molecule has 2 aromatic rings. The molecule has 150 valence electrons. The molecule has 28 heavy (non-hydrogen) atoms. The van der Waals surface area contributed by atoms with Crippen LogP contribution in [0.3, 0.4) is 0 Å². The maximum Gasteiger partial charge on any atom is 0.324 e. The predicted octanol–water partition coefficient (Wildman–Crippen LogP) is 1.97. The van der Waals surface area contributed by atoms with Gasteiger partial charge in [-0.2, -0.15) is 0 Å². The van der Waals surface area contributed by atoms with Crippen LogP contribution in [-0.2, 0) is 14.0 Å². The molecule has 0 spiro atoms. The van der Waals surface area contributed by atoms with E-state index in [0.29, 0.717) is 13.0 Å². The number of carbonyl (C=O) groups excluding carboxylic acids is 1. The Kier molecular flexibility index (Phi) is 6.35. The van der Waals surface area contributed by atoms with E-state index < -0.39 is 8.32 Å². The summed E-state index contributed by atoms with van der Waals surface area (Å²) in [5, 5.41) is 2.44. The molecule has 0 amide bonds. The van der Waals surface area contributed by atoms with E-state index in [1.165, 1.54) is 17.5 Å². The zero-order valence-electron chi connectivity index (χ0n) is 17.1. The highest BCUT2D eigenvalue weighted by atomic mass is 28.4. The minimum atomic E-state index is -2.56. The number of ether oxygens (including phenoxy) is 1. The van der Waals surface area contributed by atoms with Gasteiger partial charge in [0.2, 0.25) is 0 Å². The van der Waals surface area contributed by atoms with Gasteiger partial charge in [0.25, 0.3) is 8.32 Å². The van der Waals surface area contributed by atoms with Crippen molar-refractivity contribution in [2.75, 3.05) is 13.7 Å². The van der Waals surface area contributed by atoms with Crippen molar-refractivity contribution in [3.05, 3.63) is 60.7 Å². The molecular formula is C22H30N2O3Si. The average molecular weight is 399 g/mol. The summed E-state index contributed by atoms with van der Waals surface area (Å²) in [5.41, 5.74) is 6.22. The number of esters is 1. The summed E-state index contributed by atoms with van der Waals surface area (Å²) >= 11 is 0. The van der Waals surface area contributed by atoms with Crippen molar-refractivity contribution in [3.8, 4) is 0 Å². The summed E-state index contributed by atoms with van der Waals surface area (Å²) in [6.45, 7) is 7.30. The van der Waals surface area contributed by atoms with Crippen molar-refractivity contribution in [1.29, 1.82) is 0 Å². The lowest BCUT2D eigenvalue weighted by Gasteiger charge is -2.43. The van der Waals surface area contributed by atoms with Gasteiger partial charge in [-0.1, -0.05) is 81.4 Å². The highest BCUT2D eigenvalue weighted by Gasteiger charge is 2.50. The molecule has 0 radical (unpaired) electrons. The van der Waals surface area contributed by atoms with Crippen LogP contribution in [0.1, 0.15) is 27.2 Å². The lowest BCUT2D eigenvalue weighted by atomic mass is 10.1. The van der Waals surface area contributed by atoms with Crippen molar-refractivity contribution >= 4 is 24.7 Å². The van der Waals surface area contributed by atoms with Gasteiger partial charge in [0.05, 0.1) is 13.7 Å². The van der Waals surface area contributed by atoms with Crippen molar-refractivity contribution in [3.63, 3.8) is 0 Å². The molecule has 1 saturated heterocycles. The van der Waals surface area contributed by atoms with E-state index in [-0.39, 0.29) is 23.1 Å². The van der Waals surface area contributed by atoms with Crippen LogP contribution < -0.4 is 21.2 Å². The molecule has 2 aromatic carbocycles. The maximum atomic E-state index is 11.8. The SMILES string of the molecule is COC(=O)C1CC(CO[Si](c2ccccc2)(c2ccccc2)C(C)(C)C)NN1. The molecule has 0 aliphatic carbocycles. The van der Waals surface area contributed by atoms with Gasteiger partial charge in [0.15, 0.2) is 0 Å². The molecule has 0 aromatic heterocycles. The number of rotatable bonds is 6. The zero-order valence-corrected chi connectivity index (χ0v) is 18.1. The van der Waals surface area contributed by atoms with Crippen LogP contribution in [-0.4, -0.2) is 40.1 Å². The van der Waals surface area contributed by atoms with E-state index in [2.05, 4.69) is 80.2 Å². The van der Waals surface area contributed by atoms with Crippen LogP contribution >= 0.6 is 0 Å². The molecule has 1 heterocycles. The maximum absolute atomic E-state index is 11.8. The monoisotopic (exact) mass is 398 g/mol. The lowest BCUT2D eigenvalue weighted by Crippen LogP contribution is -2.67. The van der Waals surface area contributed by atoms with Crippen molar-refractivity contribution in [1.82, 2.24) is 10.9 Å². The largest absolute Gasteiger partial charge is 0.468 e. The molecular weight excluding hydrogens is 368 g/mol. The molecule has 0 saturated carbocycles. The summed E-state index contributed by atoms with van der Waals surface area (Å²) < 4.78 is 11.7. The molecule has 3 rings (SSSR count). The Bertz CT molecular complexity index is 738. The van der Waals surface area contributed by atoms with Gasteiger partial charge in [-0.05, 0) is 21.8 Å². The van der Waals surface area contributed by atoms with Crippen molar-refractivity contribution in [2.24, 2.45) is 0 Å². The quantitative estimate of drug-likeness (QED) is 0.576. The third-order valence-electron chi connectivity index (χ3n) is 5.39. The molecule has 1 aliphatic heterocycles. The number of methoxy groups -OCH3 is 1. The number of hydrogen-bond donors (Lipinski definition) is 2. The summed E-state index contributed by atoms with van der Waals surface area (Å²) in [6, 6.07) is 20.8. The van der Waals surface area contributed by atoms with Gasteiger partial charge in [0.1, 0.15) is 6.04 Å². The number of hydrogen-bond acceptors (Lipinski definition) is 5. The fraction of sp³-hybridized carbons (Fsp3) is 0.409. The topological polar surface area (TPSA) is 59.6 Å². The van der Waals surface area contributed by atoms with E-state index in [1.54, 1.807) is 0 Å². The second-order valence-electron chi connectivity index (χ2n) is 8.27. The Morgan fingerprint density at radius 1 is 1.00 bits per heavy atom. The molecule has 1 fully saturated rings. The third-order valence-corrected chi connectivity index (χ3v) is 10.4. The highest BCUT2D eigenvalue weighted by Crippen LogP contribution is 2.36. The molecule has 6 heteroatoms. The highest BCUT2D eigenvalue weighted by molar-refractivity contribution is 6.99. The molecule has 2 atom stereocenters. The van der Waals surface area contributed by atoms with Crippen LogP contribution in [0.5, 0.6) is 0 Å². The lowest BCUT2D eigenvalue weighted by molar-refractivity contribution is -0.142. The zero-order chi connectivity index (χ0) is 20.2. The molecule has 1 aliphatic rings. The van der Waals surface area contributed by atoms with Gasteiger partial charge in [-0.3, -0.25) is 10.2 Å². The first-order chi connectivity index (χ1) is 13.4. The van der Waals surface area contributed by atoms with Crippen LogP contribution in [0.25, 0.3) is 0 Å². The standard InChI is InChI=1S/C22H30N2O3Si/c1-22(2,3)28(18-11-7-5-8-12-18,19-13-9-6-10-14-19)27-16-17-15-20(24-23-17)21(25)26-4/h5-14,17,20,23-24H,15-16H2,1-4H3. The Hall–Kier alpha value is -1.99. The van der Waals surface area contributed by atoms with Crippen LogP contribution in [0.4, 0.5) is 0 Å². The van der Waals surface area contributed by atoms with E-state index in [4.69, 9.17) is 9.16 Å². The van der Waals surface area contributed by atoms with E-state index in [0.717, 1.165) is 0 Å². The second-order valence-corrected chi connectivity index (χ2v) is 12.6. The van der Waals surface area contributed by atoms with Crippen LogP contribution in [0.2, 0.25) is 5.04 Å². The first kappa shape index (κ1) is 20.7. The Morgan fingerprint density at radius 3 is 2.00 bits per heavy atom.